The van der Waals surface area contributed by atoms with Gasteiger partial charge in [0, 0.05) is 6.20 Å². The number of hydrogen-bond acceptors (Lipinski definition) is 2. The summed E-state index contributed by atoms with van der Waals surface area (Å²) < 4.78 is 0. The van der Waals surface area contributed by atoms with Crippen LogP contribution >= 0.6 is 0 Å². The second kappa shape index (κ2) is 7.74. The van der Waals surface area contributed by atoms with E-state index >= 15 is 0 Å². The van der Waals surface area contributed by atoms with E-state index < -0.39 is 0 Å². The largest absolute Gasteiger partial charge is 0.330 e. The Balaban J connectivity index is 4.24. The molecule has 0 heterocycles. The lowest BCUT2D eigenvalue weighted by Crippen LogP contribution is -2.15. The van der Waals surface area contributed by atoms with Gasteiger partial charge in [-0.15, -0.1) is 0 Å². The molecule has 0 amide bonds. The van der Waals surface area contributed by atoms with E-state index in [1.165, 1.54) is 12.8 Å². The summed E-state index contributed by atoms with van der Waals surface area (Å²) in [5.74, 6) is 0.392. The van der Waals surface area contributed by atoms with Crippen LogP contribution in [-0.4, -0.2) is 13.3 Å². The van der Waals surface area contributed by atoms with Crippen molar-refractivity contribution in [2.45, 2.75) is 26.2 Å². The van der Waals surface area contributed by atoms with Gasteiger partial charge in [-0.3, -0.25) is 4.99 Å². The molecule has 0 aliphatic rings. The number of rotatable bonds is 7. The van der Waals surface area contributed by atoms with E-state index in [1.54, 1.807) is 6.20 Å². The summed E-state index contributed by atoms with van der Waals surface area (Å²) >= 11 is 0. The maximum atomic E-state index is 5.67. The van der Waals surface area contributed by atoms with E-state index in [2.05, 4.69) is 25.2 Å². The average molecular weight is 180 g/mol. The van der Waals surface area contributed by atoms with Gasteiger partial charge in [0.05, 0.1) is 0 Å². The van der Waals surface area contributed by atoms with E-state index in [4.69, 9.17) is 5.73 Å². The molecule has 13 heavy (non-hydrogen) atoms. The van der Waals surface area contributed by atoms with Gasteiger partial charge in [-0.2, -0.15) is 0 Å². The molecule has 0 aromatic rings. The number of nitrogens with two attached hydrogens (primary N) is 1. The summed E-state index contributed by atoms with van der Waals surface area (Å²) in [5, 5.41) is 0. The van der Waals surface area contributed by atoms with Crippen molar-refractivity contribution in [2.75, 3.05) is 6.54 Å². The third kappa shape index (κ3) is 4.63. The average Bonchev–Trinajstić information content (AvgIpc) is 2.17. The van der Waals surface area contributed by atoms with Crippen molar-refractivity contribution >= 4 is 6.72 Å². The molecule has 1 atom stereocenters. The minimum atomic E-state index is 0.392. The smallest absolute Gasteiger partial charge is 0.0295 e. The zero-order valence-electron chi connectivity index (χ0n) is 8.50. The van der Waals surface area contributed by atoms with E-state index in [0.29, 0.717) is 12.5 Å². The fourth-order valence-electron chi connectivity index (χ4n) is 1.30. The SMILES string of the molecule is C=C/C(=C\N=C)C(CN)CCCC. The molecule has 0 bridgehead atoms. The van der Waals surface area contributed by atoms with Crippen LogP contribution in [0.4, 0.5) is 0 Å². The quantitative estimate of drug-likeness (QED) is 0.474. The first-order valence-electron chi connectivity index (χ1n) is 4.78. The molecule has 0 aromatic carbocycles. The van der Waals surface area contributed by atoms with Gasteiger partial charge < -0.3 is 5.73 Å². The monoisotopic (exact) mass is 180 g/mol. The predicted molar refractivity (Wildman–Crippen MR) is 59.9 cm³/mol. The lowest BCUT2D eigenvalue weighted by Gasteiger charge is -2.14. The molecule has 0 aliphatic heterocycles. The van der Waals surface area contributed by atoms with Gasteiger partial charge in [0.25, 0.3) is 0 Å². The van der Waals surface area contributed by atoms with Gasteiger partial charge in [0.2, 0.25) is 0 Å². The number of hydrogen-bond donors (Lipinski definition) is 1. The predicted octanol–water partition coefficient (Wildman–Crippen LogP) is 2.52. The van der Waals surface area contributed by atoms with Crippen molar-refractivity contribution in [1.29, 1.82) is 0 Å². The standard InChI is InChI=1S/C11H20N2/c1-4-6-7-11(8-12)10(5-2)9-13-3/h5,9,11H,2-4,6-8,12H2,1H3/b10-9+. The number of nitrogens with zero attached hydrogens (tertiary/aromatic N) is 1. The highest BCUT2D eigenvalue weighted by molar-refractivity contribution is 5.29. The molecule has 1 unspecified atom stereocenters. The first-order valence-corrected chi connectivity index (χ1v) is 4.78. The van der Waals surface area contributed by atoms with Crippen molar-refractivity contribution in [3.8, 4) is 0 Å². The normalized spacial score (nSPS) is 13.8. The Hall–Kier alpha value is -0.890. The summed E-state index contributed by atoms with van der Waals surface area (Å²) in [6, 6.07) is 0. The summed E-state index contributed by atoms with van der Waals surface area (Å²) in [5.41, 5.74) is 6.77. The number of unbranched alkanes of at least 4 members (excludes halogenated alkanes) is 1. The molecule has 0 aliphatic carbocycles. The molecule has 0 rings (SSSR count). The highest BCUT2D eigenvalue weighted by Gasteiger charge is 2.08. The fourth-order valence-corrected chi connectivity index (χ4v) is 1.30. The Labute approximate surface area is 81.2 Å². The first-order chi connectivity index (χ1) is 6.29. The summed E-state index contributed by atoms with van der Waals surface area (Å²) in [6.45, 7) is 10.0. The second-order valence-corrected chi connectivity index (χ2v) is 3.09. The third-order valence-electron chi connectivity index (χ3n) is 2.14. The molecule has 0 saturated carbocycles. The van der Waals surface area contributed by atoms with Crippen molar-refractivity contribution in [3.05, 3.63) is 24.4 Å². The van der Waals surface area contributed by atoms with E-state index in [-0.39, 0.29) is 0 Å². The van der Waals surface area contributed by atoms with E-state index in [0.717, 1.165) is 12.0 Å². The summed E-state index contributed by atoms with van der Waals surface area (Å²) in [4.78, 5) is 3.74. The van der Waals surface area contributed by atoms with Crippen LogP contribution in [0, 0.1) is 5.92 Å². The Morgan fingerprint density at radius 2 is 2.31 bits per heavy atom. The lowest BCUT2D eigenvalue weighted by atomic mass is 9.94. The lowest BCUT2D eigenvalue weighted by molar-refractivity contribution is 0.546. The minimum absolute atomic E-state index is 0.392. The van der Waals surface area contributed by atoms with Crippen LogP contribution in [0.25, 0.3) is 0 Å². The van der Waals surface area contributed by atoms with Gasteiger partial charge in [0.1, 0.15) is 0 Å². The highest BCUT2D eigenvalue weighted by atomic mass is 14.6. The van der Waals surface area contributed by atoms with Crippen LogP contribution in [0.5, 0.6) is 0 Å². The van der Waals surface area contributed by atoms with Crippen LogP contribution in [0.1, 0.15) is 26.2 Å². The molecule has 0 spiro atoms. The van der Waals surface area contributed by atoms with Gasteiger partial charge in [0.15, 0.2) is 0 Å². The zero-order chi connectivity index (χ0) is 10.1. The Kier molecular flexibility index (Phi) is 7.21. The topological polar surface area (TPSA) is 38.4 Å². The van der Waals surface area contributed by atoms with Gasteiger partial charge in [-0.25, -0.2) is 0 Å². The molecule has 2 nitrogen and oxygen atoms in total. The molecule has 0 aromatic heterocycles. The molecular weight excluding hydrogens is 160 g/mol. The van der Waals surface area contributed by atoms with Crippen LogP contribution in [0.3, 0.4) is 0 Å². The third-order valence-corrected chi connectivity index (χ3v) is 2.14. The van der Waals surface area contributed by atoms with Crippen molar-refractivity contribution in [2.24, 2.45) is 16.6 Å². The minimum Gasteiger partial charge on any atom is -0.330 e. The number of allylic oxidation sites excluding steroid dienone is 1. The fraction of sp³-hybridized carbons (Fsp3) is 0.545. The molecule has 2 heteroatoms. The van der Waals surface area contributed by atoms with E-state index in [1.807, 2.05) is 6.08 Å². The maximum absolute atomic E-state index is 5.67. The Morgan fingerprint density at radius 1 is 1.62 bits per heavy atom. The van der Waals surface area contributed by atoms with Gasteiger partial charge in [-0.05, 0) is 31.2 Å². The maximum Gasteiger partial charge on any atom is 0.0295 e. The number of aliphatic imine (C=N–C) groups is 1. The molecule has 0 fully saturated rings. The summed E-state index contributed by atoms with van der Waals surface area (Å²) in [7, 11) is 0. The molecule has 0 radical (unpaired) electrons. The zero-order valence-corrected chi connectivity index (χ0v) is 8.50. The van der Waals surface area contributed by atoms with Crippen molar-refractivity contribution in [1.82, 2.24) is 0 Å². The van der Waals surface area contributed by atoms with Crippen LogP contribution in [0.2, 0.25) is 0 Å². The van der Waals surface area contributed by atoms with Crippen molar-refractivity contribution in [3.63, 3.8) is 0 Å². The first kappa shape index (κ1) is 12.1. The van der Waals surface area contributed by atoms with E-state index in [9.17, 15) is 0 Å². The molecular formula is C11H20N2. The molecule has 0 saturated heterocycles. The molecule has 2 N–H and O–H groups in total. The summed E-state index contributed by atoms with van der Waals surface area (Å²) in [6.07, 6.45) is 7.08. The second-order valence-electron chi connectivity index (χ2n) is 3.09. The van der Waals surface area contributed by atoms with Crippen LogP contribution < -0.4 is 5.73 Å². The van der Waals surface area contributed by atoms with Gasteiger partial charge in [-0.1, -0.05) is 32.4 Å². The molecule has 74 valence electrons. The Morgan fingerprint density at radius 3 is 2.69 bits per heavy atom. The van der Waals surface area contributed by atoms with Crippen molar-refractivity contribution < 1.29 is 0 Å². The highest BCUT2D eigenvalue weighted by Crippen LogP contribution is 2.17. The Bertz CT molecular complexity index is 183. The van der Waals surface area contributed by atoms with Gasteiger partial charge >= 0.3 is 0 Å². The van der Waals surface area contributed by atoms with Crippen LogP contribution in [0.15, 0.2) is 29.4 Å². The van der Waals surface area contributed by atoms with Crippen LogP contribution in [-0.2, 0) is 0 Å².